The summed E-state index contributed by atoms with van der Waals surface area (Å²) >= 11 is 3.29. The fourth-order valence-electron chi connectivity index (χ4n) is 1.95. The van der Waals surface area contributed by atoms with E-state index in [-0.39, 0.29) is 0 Å². The number of ether oxygens (including phenoxy) is 4. The van der Waals surface area contributed by atoms with Crippen LogP contribution in [0.4, 0.5) is 0 Å². The van der Waals surface area contributed by atoms with Gasteiger partial charge in [0.25, 0.3) is 0 Å². The van der Waals surface area contributed by atoms with Crippen LogP contribution >= 0.6 is 15.9 Å². The van der Waals surface area contributed by atoms with Gasteiger partial charge in [0.05, 0.1) is 45.2 Å². The van der Waals surface area contributed by atoms with Crippen LogP contribution in [0, 0.1) is 0 Å². The van der Waals surface area contributed by atoms with Crippen molar-refractivity contribution in [2.24, 2.45) is 0 Å². The lowest BCUT2D eigenvalue weighted by atomic mass is 10.2. The Morgan fingerprint density at radius 1 is 0.826 bits per heavy atom. The van der Waals surface area contributed by atoms with E-state index in [4.69, 9.17) is 18.9 Å². The predicted octanol–water partition coefficient (Wildman–Crippen LogP) is 3.06. The zero-order valence-corrected chi connectivity index (χ0v) is 14.7. The molecule has 2 rings (SSSR count). The highest BCUT2D eigenvalue weighted by Crippen LogP contribution is 2.18. The number of nitrogens with zero attached hydrogens (tertiary/aromatic N) is 1. The number of hydrogen-bond acceptors (Lipinski definition) is 5. The van der Waals surface area contributed by atoms with Gasteiger partial charge in [-0.3, -0.25) is 4.98 Å². The Balaban J connectivity index is 1.50. The highest BCUT2D eigenvalue weighted by Gasteiger charge is 1.98. The molecule has 0 aliphatic carbocycles. The number of hydrogen-bond donors (Lipinski definition) is 0. The van der Waals surface area contributed by atoms with Crippen LogP contribution in [0.5, 0.6) is 5.75 Å². The largest absolute Gasteiger partial charge is 0.491 e. The molecule has 6 heteroatoms. The van der Waals surface area contributed by atoms with Gasteiger partial charge in [-0.25, -0.2) is 0 Å². The SMILES string of the molecule is BrCCOCCOCCOCCOc1ccc2cccnc2c1. The Kier molecular flexibility index (Phi) is 8.94. The average Bonchev–Trinajstić information content (AvgIpc) is 2.59. The van der Waals surface area contributed by atoms with Crippen LogP contribution in [-0.4, -0.2) is 56.6 Å². The third-order valence-electron chi connectivity index (χ3n) is 3.04. The molecular formula is C17H22BrNO4. The smallest absolute Gasteiger partial charge is 0.121 e. The van der Waals surface area contributed by atoms with E-state index in [1.54, 1.807) is 6.20 Å². The predicted molar refractivity (Wildman–Crippen MR) is 93.5 cm³/mol. The molecular weight excluding hydrogens is 362 g/mol. The zero-order chi connectivity index (χ0) is 16.2. The van der Waals surface area contributed by atoms with Gasteiger partial charge >= 0.3 is 0 Å². The molecule has 0 unspecified atom stereocenters. The summed E-state index contributed by atoms with van der Waals surface area (Å²) in [5.41, 5.74) is 0.932. The number of halogens is 1. The topological polar surface area (TPSA) is 49.8 Å². The number of rotatable bonds is 12. The molecule has 5 nitrogen and oxygen atoms in total. The Morgan fingerprint density at radius 3 is 2.26 bits per heavy atom. The molecule has 0 radical (unpaired) electrons. The van der Waals surface area contributed by atoms with Crippen LogP contribution in [0.15, 0.2) is 36.5 Å². The molecule has 0 N–H and O–H groups in total. The number of aromatic nitrogens is 1. The third kappa shape index (κ3) is 7.26. The lowest BCUT2D eigenvalue weighted by molar-refractivity contribution is 0.0119. The summed E-state index contributed by atoms with van der Waals surface area (Å²) in [6, 6.07) is 9.84. The lowest BCUT2D eigenvalue weighted by Crippen LogP contribution is -2.13. The standard InChI is InChI=1S/C17H22BrNO4/c18-5-7-20-8-9-21-10-11-22-12-13-23-16-4-3-15-2-1-6-19-17(15)14-16/h1-4,6,14H,5,7-13H2. The first-order chi connectivity index (χ1) is 11.4. The van der Waals surface area contributed by atoms with Gasteiger partial charge in [0.15, 0.2) is 0 Å². The van der Waals surface area contributed by atoms with E-state index in [1.165, 1.54) is 0 Å². The van der Waals surface area contributed by atoms with Gasteiger partial charge < -0.3 is 18.9 Å². The van der Waals surface area contributed by atoms with E-state index in [1.807, 2.05) is 30.3 Å². The lowest BCUT2D eigenvalue weighted by Gasteiger charge is -2.08. The van der Waals surface area contributed by atoms with E-state index in [0.717, 1.165) is 22.0 Å². The van der Waals surface area contributed by atoms with Crippen LogP contribution in [0.2, 0.25) is 0 Å². The van der Waals surface area contributed by atoms with E-state index in [9.17, 15) is 0 Å². The van der Waals surface area contributed by atoms with Crippen molar-refractivity contribution in [3.05, 3.63) is 36.5 Å². The van der Waals surface area contributed by atoms with Crippen molar-refractivity contribution in [2.75, 3.05) is 51.6 Å². The molecule has 23 heavy (non-hydrogen) atoms. The van der Waals surface area contributed by atoms with E-state index < -0.39 is 0 Å². The average molecular weight is 384 g/mol. The maximum absolute atomic E-state index is 5.66. The monoisotopic (exact) mass is 383 g/mol. The van der Waals surface area contributed by atoms with Crippen molar-refractivity contribution in [1.82, 2.24) is 4.98 Å². The minimum atomic E-state index is 0.507. The number of alkyl halides is 1. The summed E-state index contributed by atoms with van der Waals surface area (Å²) in [5.74, 6) is 0.806. The maximum atomic E-state index is 5.66. The Labute approximate surface area is 145 Å². The molecule has 0 bridgehead atoms. The summed E-state index contributed by atoms with van der Waals surface area (Å²) in [4.78, 5) is 4.31. The molecule has 1 aromatic carbocycles. The van der Waals surface area contributed by atoms with Gasteiger partial charge in [-0.15, -0.1) is 0 Å². The van der Waals surface area contributed by atoms with Crippen LogP contribution in [0.1, 0.15) is 0 Å². The van der Waals surface area contributed by atoms with Crippen LogP contribution in [0.3, 0.4) is 0 Å². The summed E-state index contributed by atoms with van der Waals surface area (Å²) < 4.78 is 21.8. The fourth-order valence-corrected chi connectivity index (χ4v) is 2.18. The van der Waals surface area contributed by atoms with Gasteiger partial charge in [-0.2, -0.15) is 0 Å². The van der Waals surface area contributed by atoms with Crippen molar-refractivity contribution < 1.29 is 18.9 Å². The second kappa shape index (κ2) is 11.3. The molecule has 1 aromatic heterocycles. The van der Waals surface area contributed by atoms with Crippen LogP contribution in [0.25, 0.3) is 10.9 Å². The summed E-state index contributed by atoms with van der Waals surface area (Å²) in [6.45, 7) is 4.08. The van der Waals surface area contributed by atoms with Crippen molar-refractivity contribution in [2.45, 2.75) is 0 Å². The summed E-state index contributed by atoms with van der Waals surface area (Å²) in [6.07, 6.45) is 1.78. The highest BCUT2D eigenvalue weighted by atomic mass is 79.9. The minimum absolute atomic E-state index is 0.507. The van der Waals surface area contributed by atoms with Crippen molar-refractivity contribution >= 4 is 26.8 Å². The van der Waals surface area contributed by atoms with Crippen molar-refractivity contribution in [1.29, 1.82) is 0 Å². The Hall–Kier alpha value is -1.21. The summed E-state index contributed by atoms with van der Waals surface area (Å²) in [7, 11) is 0. The molecule has 126 valence electrons. The highest BCUT2D eigenvalue weighted by molar-refractivity contribution is 9.09. The maximum Gasteiger partial charge on any atom is 0.121 e. The van der Waals surface area contributed by atoms with Gasteiger partial charge in [-0.05, 0) is 18.2 Å². The number of pyridine rings is 1. The summed E-state index contributed by atoms with van der Waals surface area (Å²) in [5, 5.41) is 1.96. The number of benzene rings is 1. The molecule has 0 saturated heterocycles. The van der Waals surface area contributed by atoms with Crippen LogP contribution < -0.4 is 4.74 Å². The quantitative estimate of drug-likeness (QED) is 0.416. The van der Waals surface area contributed by atoms with Crippen molar-refractivity contribution in [3.63, 3.8) is 0 Å². The van der Waals surface area contributed by atoms with Crippen LogP contribution in [-0.2, 0) is 14.2 Å². The van der Waals surface area contributed by atoms with Crippen molar-refractivity contribution in [3.8, 4) is 5.75 Å². The molecule has 1 heterocycles. The second-order valence-corrected chi connectivity index (χ2v) is 5.53. The Morgan fingerprint density at radius 2 is 1.52 bits per heavy atom. The molecule has 0 saturated carbocycles. The van der Waals surface area contributed by atoms with E-state index >= 15 is 0 Å². The number of fused-ring (bicyclic) bond motifs is 1. The van der Waals surface area contributed by atoms with Gasteiger partial charge in [0, 0.05) is 23.0 Å². The Bertz CT molecular complexity index is 567. The first kappa shape index (κ1) is 18.1. The van der Waals surface area contributed by atoms with E-state index in [0.29, 0.717) is 46.2 Å². The van der Waals surface area contributed by atoms with Gasteiger partial charge in [-0.1, -0.05) is 22.0 Å². The third-order valence-corrected chi connectivity index (χ3v) is 3.36. The minimum Gasteiger partial charge on any atom is -0.491 e. The molecule has 0 amide bonds. The molecule has 0 aliphatic rings. The normalized spacial score (nSPS) is 11.0. The second-order valence-electron chi connectivity index (χ2n) is 4.73. The fraction of sp³-hybridized carbons (Fsp3) is 0.471. The first-order valence-corrected chi connectivity index (χ1v) is 8.79. The zero-order valence-electron chi connectivity index (χ0n) is 13.1. The molecule has 0 atom stereocenters. The van der Waals surface area contributed by atoms with Gasteiger partial charge in [0.1, 0.15) is 12.4 Å². The van der Waals surface area contributed by atoms with Gasteiger partial charge in [0.2, 0.25) is 0 Å². The molecule has 2 aromatic rings. The molecule has 0 aliphatic heterocycles. The van der Waals surface area contributed by atoms with E-state index in [2.05, 4.69) is 20.9 Å². The first-order valence-electron chi connectivity index (χ1n) is 7.67. The molecule has 0 spiro atoms. The molecule has 0 fully saturated rings.